The molecule has 4 heteroatoms. The number of unbranched alkanes of at least 4 members (excludes halogenated alkanes) is 1. The van der Waals surface area contributed by atoms with Gasteiger partial charge in [-0.05, 0) is 53.2 Å². The van der Waals surface area contributed by atoms with Gasteiger partial charge in [0.25, 0.3) is 5.91 Å². The van der Waals surface area contributed by atoms with E-state index in [2.05, 4.69) is 53.5 Å². The fourth-order valence-electron chi connectivity index (χ4n) is 3.35. The number of carbonyl (C=O) groups excluding carboxylic acids is 1. The van der Waals surface area contributed by atoms with E-state index in [-0.39, 0.29) is 16.7 Å². The highest BCUT2D eigenvalue weighted by Crippen LogP contribution is 2.40. The maximum Gasteiger partial charge on any atom is 0.251 e. The molecule has 0 saturated heterocycles. The van der Waals surface area contributed by atoms with Crippen LogP contribution in [0.5, 0.6) is 5.75 Å². The summed E-state index contributed by atoms with van der Waals surface area (Å²) in [5, 5.41) is 10.9. The van der Waals surface area contributed by atoms with Gasteiger partial charge in [0.15, 0.2) is 0 Å². The number of hydrogen-bond donors (Lipinski definition) is 1. The van der Waals surface area contributed by atoms with Crippen LogP contribution in [0.4, 0.5) is 5.69 Å². The Labute approximate surface area is 181 Å². The van der Waals surface area contributed by atoms with Gasteiger partial charge in [-0.3, -0.25) is 9.78 Å². The highest BCUT2D eigenvalue weighted by Gasteiger charge is 2.26. The van der Waals surface area contributed by atoms with Crippen molar-refractivity contribution in [2.75, 3.05) is 11.4 Å². The summed E-state index contributed by atoms with van der Waals surface area (Å²) in [6.45, 7) is 15.3. The molecule has 1 amide bonds. The lowest BCUT2D eigenvalue weighted by atomic mass is 9.78. The number of amides is 1. The molecule has 0 spiro atoms. The third kappa shape index (κ3) is 5.94. The summed E-state index contributed by atoms with van der Waals surface area (Å²) in [7, 11) is 0. The zero-order chi connectivity index (χ0) is 22.5. The minimum absolute atomic E-state index is 0.0702. The number of anilines is 1. The van der Waals surface area contributed by atoms with Gasteiger partial charge in [0, 0.05) is 29.9 Å². The number of phenolic OH excluding ortho intramolecular Hbond substituents is 1. The minimum atomic E-state index is -0.208. The van der Waals surface area contributed by atoms with Gasteiger partial charge in [0.05, 0.1) is 11.9 Å². The summed E-state index contributed by atoms with van der Waals surface area (Å²) in [5.41, 5.74) is 3.07. The van der Waals surface area contributed by atoms with Crippen molar-refractivity contribution in [3.8, 4) is 5.75 Å². The molecule has 0 aliphatic heterocycles. The highest BCUT2D eigenvalue weighted by atomic mass is 16.3. The van der Waals surface area contributed by atoms with E-state index in [9.17, 15) is 9.90 Å². The molecule has 0 radical (unpaired) electrons. The van der Waals surface area contributed by atoms with Gasteiger partial charge in [0.2, 0.25) is 0 Å². The first-order chi connectivity index (χ1) is 13.9. The summed E-state index contributed by atoms with van der Waals surface area (Å²) >= 11 is 0. The first-order valence-electron chi connectivity index (χ1n) is 10.7. The Morgan fingerprint density at radius 1 is 1.10 bits per heavy atom. The van der Waals surface area contributed by atoms with Crippen LogP contribution in [0.3, 0.4) is 0 Å². The van der Waals surface area contributed by atoms with Gasteiger partial charge in [-0.25, -0.2) is 0 Å². The lowest BCUT2D eigenvalue weighted by Gasteiger charge is -2.28. The molecule has 1 heterocycles. The van der Waals surface area contributed by atoms with E-state index in [0.29, 0.717) is 12.3 Å². The van der Waals surface area contributed by atoms with Crippen molar-refractivity contribution in [3.63, 3.8) is 0 Å². The highest BCUT2D eigenvalue weighted by molar-refractivity contribution is 6.03. The van der Waals surface area contributed by atoms with Gasteiger partial charge < -0.3 is 10.0 Å². The van der Waals surface area contributed by atoms with E-state index < -0.39 is 0 Å². The van der Waals surface area contributed by atoms with Crippen LogP contribution < -0.4 is 4.90 Å². The average Bonchev–Trinajstić information content (AvgIpc) is 2.66. The molecule has 1 aromatic heterocycles. The Balaban J connectivity index is 2.43. The van der Waals surface area contributed by atoms with Crippen molar-refractivity contribution in [3.05, 3.63) is 59.4 Å². The van der Waals surface area contributed by atoms with Crippen molar-refractivity contribution >= 4 is 17.7 Å². The van der Waals surface area contributed by atoms with E-state index >= 15 is 0 Å². The van der Waals surface area contributed by atoms with Crippen LogP contribution >= 0.6 is 0 Å². The van der Waals surface area contributed by atoms with Crippen molar-refractivity contribution in [1.29, 1.82) is 0 Å². The van der Waals surface area contributed by atoms with E-state index in [1.54, 1.807) is 23.4 Å². The fraction of sp³-hybridized carbons (Fsp3) is 0.462. The van der Waals surface area contributed by atoms with Crippen molar-refractivity contribution in [2.24, 2.45) is 0 Å². The molecule has 0 fully saturated rings. The third-order valence-corrected chi connectivity index (χ3v) is 5.13. The lowest BCUT2D eigenvalue weighted by molar-refractivity contribution is -0.114. The number of nitrogens with zero attached hydrogens (tertiary/aromatic N) is 2. The number of phenols is 1. The van der Waals surface area contributed by atoms with Gasteiger partial charge in [-0.2, -0.15) is 0 Å². The van der Waals surface area contributed by atoms with Crippen LogP contribution in [0.2, 0.25) is 0 Å². The predicted molar refractivity (Wildman–Crippen MR) is 126 cm³/mol. The Hall–Kier alpha value is -2.62. The number of hydrogen-bond acceptors (Lipinski definition) is 3. The third-order valence-electron chi connectivity index (χ3n) is 5.13. The largest absolute Gasteiger partial charge is 0.507 e. The first kappa shape index (κ1) is 23.7. The van der Waals surface area contributed by atoms with Gasteiger partial charge in [-0.15, -0.1) is 0 Å². The smallest absolute Gasteiger partial charge is 0.251 e. The summed E-state index contributed by atoms with van der Waals surface area (Å²) < 4.78 is 0. The fourth-order valence-corrected chi connectivity index (χ4v) is 3.35. The van der Waals surface area contributed by atoms with Gasteiger partial charge in [-0.1, -0.05) is 54.9 Å². The quantitative estimate of drug-likeness (QED) is 0.577. The molecule has 4 nitrogen and oxygen atoms in total. The average molecular weight is 409 g/mol. The van der Waals surface area contributed by atoms with Gasteiger partial charge >= 0.3 is 0 Å². The number of rotatable bonds is 6. The summed E-state index contributed by atoms with van der Waals surface area (Å²) in [6, 6.07) is 7.71. The first-order valence-corrected chi connectivity index (χ1v) is 10.7. The van der Waals surface area contributed by atoms with Crippen molar-refractivity contribution < 1.29 is 9.90 Å². The zero-order valence-corrected chi connectivity index (χ0v) is 19.5. The van der Waals surface area contributed by atoms with Crippen LogP contribution in [0.15, 0.2) is 42.7 Å². The van der Waals surface area contributed by atoms with Crippen molar-refractivity contribution in [1.82, 2.24) is 4.98 Å². The van der Waals surface area contributed by atoms with Crippen LogP contribution in [-0.4, -0.2) is 22.5 Å². The lowest BCUT2D eigenvalue weighted by Crippen LogP contribution is -2.30. The Bertz CT molecular complexity index is 852. The summed E-state index contributed by atoms with van der Waals surface area (Å²) in [5.74, 6) is 0.276. The van der Waals surface area contributed by atoms with E-state index in [0.717, 1.165) is 35.2 Å². The molecule has 2 rings (SSSR count). The monoisotopic (exact) mass is 408 g/mol. The number of carbonyl (C=O) groups is 1. The molecule has 2 aromatic rings. The van der Waals surface area contributed by atoms with Crippen LogP contribution in [-0.2, 0) is 15.6 Å². The minimum Gasteiger partial charge on any atom is -0.507 e. The summed E-state index contributed by atoms with van der Waals surface area (Å²) in [6.07, 6.45) is 8.83. The molecular weight excluding hydrogens is 372 g/mol. The van der Waals surface area contributed by atoms with Crippen LogP contribution in [0.25, 0.3) is 6.08 Å². The van der Waals surface area contributed by atoms with Crippen LogP contribution in [0, 0.1) is 0 Å². The Kier molecular flexibility index (Phi) is 7.46. The standard InChI is InChI=1S/C26H36N2O2/c1-8-9-15-28(20-11-10-14-27-18-20)23(29)13-12-19-16-21(25(2,3)4)24(30)22(17-19)26(5,6)7/h10-14,16-18,30H,8-9,15H2,1-7H3/b13-12+. The number of pyridine rings is 1. The van der Waals surface area contributed by atoms with Gasteiger partial charge in [0.1, 0.15) is 5.75 Å². The topological polar surface area (TPSA) is 53.4 Å². The SMILES string of the molecule is CCCCN(C(=O)/C=C/c1cc(C(C)(C)C)c(O)c(C(C)(C)C)c1)c1cccnc1. The molecule has 0 atom stereocenters. The number of aromatic hydroxyl groups is 1. The van der Waals surface area contributed by atoms with E-state index in [4.69, 9.17) is 0 Å². The normalized spacial score (nSPS) is 12.4. The Morgan fingerprint density at radius 3 is 2.17 bits per heavy atom. The molecule has 162 valence electrons. The molecule has 0 aliphatic carbocycles. The Morgan fingerprint density at radius 2 is 1.70 bits per heavy atom. The molecule has 0 saturated carbocycles. The molecule has 0 bridgehead atoms. The summed E-state index contributed by atoms with van der Waals surface area (Å²) in [4.78, 5) is 18.9. The molecule has 1 aromatic carbocycles. The molecule has 0 aliphatic rings. The second-order valence-electron chi connectivity index (χ2n) is 9.85. The molecular formula is C26H36N2O2. The maximum atomic E-state index is 13.0. The zero-order valence-electron chi connectivity index (χ0n) is 19.5. The van der Waals surface area contributed by atoms with E-state index in [1.807, 2.05) is 30.3 Å². The maximum absolute atomic E-state index is 13.0. The second-order valence-corrected chi connectivity index (χ2v) is 9.85. The van der Waals surface area contributed by atoms with E-state index in [1.165, 1.54) is 0 Å². The number of benzene rings is 1. The van der Waals surface area contributed by atoms with Crippen LogP contribution in [0.1, 0.15) is 78.0 Å². The molecule has 30 heavy (non-hydrogen) atoms. The molecule has 1 N–H and O–H groups in total. The number of aromatic nitrogens is 1. The predicted octanol–water partition coefficient (Wildman–Crippen LogP) is 6.23. The van der Waals surface area contributed by atoms with Crippen molar-refractivity contribution in [2.45, 2.75) is 72.1 Å². The second kappa shape index (κ2) is 9.46. The molecule has 0 unspecified atom stereocenters.